The Hall–Kier alpha value is -1.22. The van der Waals surface area contributed by atoms with Gasteiger partial charge in [-0.2, -0.15) is 0 Å². The first-order valence-electron chi connectivity index (χ1n) is 5.50. The molecule has 82 valence electrons. The van der Waals surface area contributed by atoms with Crippen LogP contribution in [0.5, 0.6) is 0 Å². The maximum absolute atomic E-state index is 11.7. The van der Waals surface area contributed by atoms with Crippen LogP contribution in [0.1, 0.15) is 6.92 Å². The number of anilines is 1. The van der Waals surface area contributed by atoms with Gasteiger partial charge in [-0.15, -0.1) is 0 Å². The second-order valence-corrected chi connectivity index (χ2v) is 10.6. The number of carbonyl (C=O) groups is 1. The van der Waals surface area contributed by atoms with Gasteiger partial charge in [0.15, 0.2) is 0 Å². The zero-order chi connectivity index (χ0) is 12.1. The van der Waals surface area contributed by atoms with Crippen LogP contribution in [0, 0.1) is 0 Å². The number of amides is 1. The molecule has 0 spiro atoms. The zero-order valence-electron chi connectivity index (χ0n) is 9.71. The van der Waals surface area contributed by atoms with Crippen molar-refractivity contribution in [1.29, 1.82) is 0 Å². The van der Waals surface area contributed by atoms with Crippen LogP contribution >= 0.6 is 0 Å². The molecule has 17 heavy (non-hydrogen) atoms. The van der Waals surface area contributed by atoms with Gasteiger partial charge in [0.05, 0.1) is 0 Å². The number of carbonyl (C=O) groups excluding carboxylic acids is 1. The third-order valence-electron chi connectivity index (χ3n) is 2.49. The first-order valence-corrected chi connectivity index (χ1v) is 10.7. The van der Waals surface area contributed by atoms with E-state index in [4.69, 9.17) is 0 Å². The quantitative estimate of drug-likeness (QED) is 0.720. The molecule has 0 fully saturated rings. The molecule has 1 aromatic heterocycles. The number of pyridine rings is 1. The van der Waals surface area contributed by atoms with E-state index in [0.717, 1.165) is 5.82 Å². The molecule has 0 unspecified atom stereocenters. The predicted octanol–water partition coefficient (Wildman–Crippen LogP) is 1.76. The first kappa shape index (κ1) is 12.2. The average molecular weight is 413 g/mol. The SMILES string of the molecule is CC(=O)[N]([Hg][c]1ccccc1)c1ccccn1. The minimum atomic E-state index is -1.64. The number of hydrogen-bond acceptors (Lipinski definition) is 2. The second-order valence-electron chi connectivity index (χ2n) is 3.78. The zero-order valence-corrected chi connectivity index (χ0v) is 15.2. The van der Waals surface area contributed by atoms with E-state index in [2.05, 4.69) is 17.1 Å². The summed E-state index contributed by atoms with van der Waals surface area (Å²) in [7, 11) is 0. The van der Waals surface area contributed by atoms with Crippen molar-refractivity contribution in [3.05, 3.63) is 54.7 Å². The normalized spacial score (nSPS) is 9.47. The van der Waals surface area contributed by atoms with Crippen LogP contribution in [-0.4, -0.2) is 10.9 Å². The van der Waals surface area contributed by atoms with Gasteiger partial charge in [-0.25, -0.2) is 0 Å². The van der Waals surface area contributed by atoms with Gasteiger partial charge in [0.2, 0.25) is 0 Å². The fourth-order valence-corrected chi connectivity index (χ4v) is 7.15. The van der Waals surface area contributed by atoms with Gasteiger partial charge >= 0.3 is 114 Å². The molecule has 2 rings (SSSR count). The van der Waals surface area contributed by atoms with Crippen molar-refractivity contribution in [2.45, 2.75) is 6.92 Å². The monoisotopic (exact) mass is 414 g/mol. The summed E-state index contributed by atoms with van der Waals surface area (Å²) in [4.78, 5) is 15.9. The summed E-state index contributed by atoms with van der Waals surface area (Å²) in [6.45, 7) is 1.61. The van der Waals surface area contributed by atoms with E-state index in [0.29, 0.717) is 0 Å². The van der Waals surface area contributed by atoms with Crippen molar-refractivity contribution in [2.75, 3.05) is 2.66 Å². The van der Waals surface area contributed by atoms with E-state index in [9.17, 15) is 4.79 Å². The standard InChI is InChI=1S/C7H8N2O.C6H5.Hg/c1-6(10)9-7-4-2-3-5-8-7;1-2-4-6-5-3-1;/h2-5H,1H3,(H,8,9,10);1-5H;/q;;+1/p-1. The van der Waals surface area contributed by atoms with Crippen molar-refractivity contribution in [3.8, 4) is 0 Å². The average Bonchev–Trinajstić information content (AvgIpc) is 2.38. The Labute approximate surface area is 113 Å². The molecule has 0 aliphatic carbocycles. The number of nitrogens with zero attached hydrogens (tertiary/aromatic N) is 2. The van der Waals surface area contributed by atoms with Crippen LogP contribution in [0.15, 0.2) is 54.7 Å². The molecule has 0 N–H and O–H groups in total. The van der Waals surface area contributed by atoms with E-state index in [1.165, 1.54) is 3.07 Å². The Morgan fingerprint density at radius 1 is 1.12 bits per heavy atom. The van der Waals surface area contributed by atoms with Gasteiger partial charge in [-0.3, -0.25) is 0 Å². The molecular weight excluding hydrogens is 401 g/mol. The van der Waals surface area contributed by atoms with Crippen molar-refractivity contribution < 1.29 is 29.7 Å². The summed E-state index contributed by atoms with van der Waals surface area (Å²) in [6.07, 6.45) is 1.73. The van der Waals surface area contributed by atoms with E-state index in [1.807, 2.05) is 39.1 Å². The number of hydrogen-bond donors (Lipinski definition) is 0. The van der Waals surface area contributed by atoms with Gasteiger partial charge in [0, 0.05) is 0 Å². The van der Waals surface area contributed by atoms with Crippen LogP contribution in [0.3, 0.4) is 0 Å². The molecule has 0 radical (unpaired) electrons. The second kappa shape index (κ2) is 5.91. The fourth-order valence-electron chi connectivity index (χ4n) is 1.63. The number of aromatic nitrogens is 1. The molecular formula is C13H12HgN2O. The van der Waals surface area contributed by atoms with Gasteiger partial charge < -0.3 is 0 Å². The molecule has 0 atom stereocenters. The summed E-state index contributed by atoms with van der Waals surface area (Å²) in [6, 6.07) is 15.9. The van der Waals surface area contributed by atoms with Crippen LogP contribution in [0.25, 0.3) is 0 Å². The molecule has 4 heteroatoms. The first-order chi connectivity index (χ1) is 8.27. The molecule has 1 heterocycles. The van der Waals surface area contributed by atoms with Crippen molar-refractivity contribution in [1.82, 2.24) is 4.98 Å². The van der Waals surface area contributed by atoms with Crippen molar-refractivity contribution >= 4 is 14.8 Å². The van der Waals surface area contributed by atoms with Crippen LogP contribution < -0.4 is 5.74 Å². The van der Waals surface area contributed by atoms with Gasteiger partial charge in [-0.05, 0) is 0 Å². The van der Waals surface area contributed by atoms with Gasteiger partial charge in [0.25, 0.3) is 0 Å². The molecule has 0 aliphatic rings. The molecule has 0 saturated heterocycles. The fraction of sp³-hybridized carbons (Fsp3) is 0.0769. The third-order valence-corrected chi connectivity index (χ3v) is 9.96. The third kappa shape index (κ3) is 3.36. The molecule has 1 aromatic carbocycles. The van der Waals surface area contributed by atoms with E-state index >= 15 is 0 Å². The Kier molecular flexibility index (Phi) is 4.26. The topological polar surface area (TPSA) is 33.2 Å². The predicted molar refractivity (Wildman–Crippen MR) is 63.5 cm³/mol. The van der Waals surface area contributed by atoms with Gasteiger partial charge in [0.1, 0.15) is 0 Å². The molecule has 3 nitrogen and oxygen atoms in total. The van der Waals surface area contributed by atoms with Crippen LogP contribution in [-0.2, 0) is 29.7 Å². The molecule has 0 bridgehead atoms. The van der Waals surface area contributed by atoms with Crippen molar-refractivity contribution in [3.63, 3.8) is 0 Å². The van der Waals surface area contributed by atoms with Crippen molar-refractivity contribution in [2.24, 2.45) is 0 Å². The van der Waals surface area contributed by atoms with Crippen LogP contribution in [0.4, 0.5) is 5.82 Å². The van der Waals surface area contributed by atoms with E-state index < -0.39 is 24.9 Å². The molecule has 2 aromatic rings. The van der Waals surface area contributed by atoms with Crippen LogP contribution in [0.2, 0.25) is 0 Å². The molecule has 1 amide bonds. The minimum absolute atomic E-state index is 0.0919. The number of benzene rings is 1. The van der Waals surface area contributed by atoms with Gasteiger partial charge in [-0.1, -0.05) is 0 Å². The Morgan fingerprint density at radius 3 is 2.41 bits per heavy atom. The molecule has 0 saturated carbocycles. The molecule has 0 aliphatic heterocycles. The summed E-state index contributed by atoms with van der Waals surface area (Å²) in [5.41, 5.74) is 0. The maximum atomic E-state index is 11.7. The van der Waals surface area contributed by atoms with E-state index in [1.54, 1.807) is 13.1 Å². The Balaban J connectivity index is 2.23. The van der Waals surface area contributed by atoms with E-state index in [-0.39, 0.29) is 5.91 Å². The Bertz CT molecular complexity index is 487. The Morgan fingerprint density at radius 2 is 1.82 bits per heavy atom. The summed E-state index contributed by atoms with van der Waals surface area (Å²) in [5.74, 6) is 0.875. The summed E-state index contributed by atoms with van der Waals surface area (Å²) >= 11 is -1.64. The summed E-state index contributed by atoms with van der Waals surface area (Å²) < 4.78 is 3.20. The number of rotatable bonds is 3. The summed E-state index contributed by atoms with van der Waals surface area (Å²) in [5, 5.41) is 0.